The van der Waals surface area contributed by atoms with Gasteiger partial charge in [0.1, 0.15) is 16.5 Å². The van der Waals surface area contributed by atoms with E-state index in [9.17, 15) is 17.2 Å². The molecule has 1 unspecified atom stereocenters. The van der Waals surface area contributed by atoms with Crippen LogP contribution in [-0.4, -0.2) is 26.8 Å². The SMILES string of the molecule is CCCNC(C)CS(=O)(=O)c1ccc(F)cc1F. The normalized spacial score (nSPS) is 13.6. The number of hydrogen-bond acceptors (Lipinski definition) is 3. The van der Waals surface area contributed by atoms with Crippen molar-refractivity contribution in [2.75, 3.05) is 12.3 Å². The maximum Gasteiger partial charge on any atom is 0.182 e. The topological polar surface area (TPSA) is 46.2 Å². The summed E-state index contributed by atoms with van der Waals surface area (Å²) in [6.07, 6.45) is 0.884. The quantitative estimate of drug-likeness (QED) is 0.810. The Labute approximate surface area is 106 Å². The van der Waals surface area contributed by atoms with E-state index in [-0.39, 0.29) is 11.8 Å². The Bertz CT molecular complexity index is 503. The summed E-state index contributed by atoms with van der Waals surface area (Å²) in [6.45, 7) is 4.38. The molecule has 0 spiro atoms. The first-order chi connectivity index (χ1) is 8.36. The Morgan fingerprint density at radius 3 is 2.56 bits per heavy atom. The Balaban J connectivity index is 2.86. The van der Waals surface area contributed by atoms with E-state index in [0.29, 0.717) is 12.6 Å². The van der Waals surface area contributed by atoms with Gasteiger partial charge in [0.25, 0.3) is 0 Å². The monoisotopic (exact) mass is 277 g/mol. The van der Waals surface area contributed by atoms with E-state index in [4.69, 9.17) is 0 Å². The van der Waals surface area contributed by atoms with Crippen molar-refractivity contribution in [1.82, 2.24) is 5.32 Å². The van der Waals surface area contributed by atoms with E-state index in [1.165, 1.54) is 0 Å². The van der Waals surface area contributed by atoms with E-state index < -0.39 is 26.4 Å². The third-order valence-corrected chi connectivity index (χ3v) is 4.38. The van der Waals surface area contributed by atoms with Crippen LogP contribution in [-0.2, 0) is 9.84 Å². The summed E-state index contributed by atoms with van der Waals surface area (Å²) in [5.41, 5.74) is 0. The van der Waals surface area contributed by atoms with Gasteiger partial charge in [-0.2, -0.15) is 0 Å². The van der Waals surface area contributed by atoms with Gasteiger partial charge in [0.05, 0.1) is 5.75 Å². The van der Waals surface area contributed by atoms with Crippen molar-refractivity contribution in [3.8, 4) is 0 Å². The molecule has 0 fully saturated rings. The highest BCUT2D eigenvalue weighted by Crippen LogP contribution is 2.17. The minimum Gasteiger partial charge on any atom is -0.313 e. The second-order valence-corrected chi connectivity index (χ2v) is 6.21. The molecule has 102 valence electrons. The predicted molar refractivity (Wildman–Crippen MR) is 66.2 cm³/mol. The molecule has 1 rings (SSSR count). The molecule has 6 heteroatoms. The molecule has 0 heterocycles. The van der Waals surface area contributed by atoms with Gasteiger partial charge in [-0.05, 0) is 32.0 Å². The largest absolute Gasteiger partial charge is 0.313 e. The molecule has 0 saturated heterocycles. The summed E-state index contributed by atoms with van der Waals surface area (Å²) >= 11 is 0. The first-order valence-electron chi connectivity index (χ1n) is 5.78. The molecule has 0 aliphatic carbocycles. The molecular weight excluding hydrogens is 260 g/mol. The lowest BCUT2D eigenvalue weighted by Crippen LogP contribution is -2.33. The van der Waals surface area contributed by atoms with Crippen LogP contribution in [0.4, 0.5) is 8.78 Å². The molecule has 0 saturated carbocycles. The molecule has 18 heavy (non-hydrogen) atoms. The first kappa shape index (κ1) is 15.0. The second kappa shape index (κ2) is 6.24. The Morgan fingerprint density at radius 1 is 1.33 bits per heavy atom. The second-order valence-electron chi connectivity index (χ2n) is 4.21. The lowest BCUT2D eigenvalue weighted by atomic mass is 10.3. The number of hydrogen-bond donors (Lipinski definition) is 1. The van der Waals surface area contributed by atoms with Crippen molar-refractivity contribution in [3.05, 3.63) is 29.8 Å². The van der Waals surface area contributed by atoms with Crippen LogP contribution in [0.25, 0.3) is 0 Å². The minimum absolute atomic E-state index is 0.213. The lowest BCUT2D eigenvalue weighted by molar-refractivity contribution is 0.536. The maximum atomic E-state index is 13.4. The maximum absolute atomic E-state index is 13.4. The van der Waals surface area contributed by atoms with Gasteiger partial charge in [-0.25, -0.2) is 17.2 Å². The Morgan fingerprint density at radius 2 is 2.00 bits per heavy atom. The average molecular weight is 277 g/mol. The predicted octanol–water partition coefficient (Wildman–Crippen LogP) is 2.13. The van der Waals surface area contributed by atoms with Crippen LogP contribution < -0.4 is 5.32 Å². The molecular formula is C12H17F2NO2S. The van der Waals surface area contributed by atoms with E-state index in [0.717, 1.165) is 18.6 Å². The van der Waals surface area contributed by atoms with E-state index in [1.54, 1.807) is 6.92 Å². The van der Waals surface area contributed by atoms with E-state index >= 15 is 0 Å². The molecule has 0 aliphatic rings. The van der Waals surface area contributed by atoms with Crippen molar-refractivity contribution >= 4 is 9.84 Å². The molecule has 3 nitrogen and oxygen atoms in total. The number of sulfone groups is 1. The van der Waals surface area contributed by atoms with Crippen molar-refractivity contribution in [2.45, 2.75) is 31.2 Å². The van der Waals surface area contributed by atoms with Crippen molar-refractivity contribution in [3.63, 3.8) is 0 Å². The third-order valence-electron chi connectivity index (χ3n) is 2.44. The summed E-state index contributed by atoms with van der Waals surface area (Å²) in [5, 5.41) is 3.01. The van der Waals surface area contributed by atoms with E-state index in [1.807, 2.05) is 6.92 Å². The smallest absolute Gasteiger partial charge is 0.182 e. The van der Waals surface area contributed by atoms with Crippen LogP contribution in [0, 0.1) is 11.6 Å². The molecule has 1 atom stereocenters. The lowest BCUT2D eigenvalue weighted by Gasteiger charge is -2.13. The molecule has 0 bridgehead atoms. The van der Waals surface area contributed by atoms with Crippen LogP contribution in [0.15, 0.2) is 23.1 Å². The van der Waals surface area contributed by atoms with Gasteiger partial charge in [0, 0.05) is 12.1 Å². The molecule has 0 aromatic heterocycles. The van der Waals surface area contributed by atoms with Gasteiger partial charge in [-0.1, -0.05) is 6.92 Å². The van der Waals surface area contributed by atoms with Gasteiger partial charge in [-0.3, -0.25) is 0 Å². The van der Waals surface area contributed by atoms with Gasteiger partial charge >= 0.3 is 0 Å². The van der Waals surface area contributed by atoms with Crippen molar-refractivity contribution in [1.29, 1.82) is 0 Å². The zero-order valence-electron chi connectivity index (χ0n) is 10.4. The van der Waals surface area contributed by atoms with Crippen LogP contribution in [0.5, 0.6) is 0 Å². The molecule has 1 aromatic carbocycles. The van der Waals surface area contributed by atoms with Gasteiger partial charge in [-0.15, -0.1) is 0 Å². The average Bonchev–Trinajstić information content (AvgIpc) is 2.25. The number of rotatable bonds is 6. The van der Waals surface area contributed by atoms with Crippen molar-refractivity contribution in [2.24, 2.45) is 0 Å². The number of benzene rings is 1. The van der Waals surface area contributed by atoms with Crippen LogP contribution in [0.2, 0.25) is 0 Å². The molecule has 1 N–H and O–H groups in total. The fraction of sp³-hybridized carbons (Fsp3) is 0.500. The Hall–Kier alpha value is -1.01. The van der Waals surface area contributed by atoms with Gasteiger partial charge < -0.3 is 5.32 Å². The molecule has 0 radical (unpaired) electrons. The Kier molecular flexibility index (Phi) is 5.22. The van der Waals surface area contributed by atoms with Gasteiger partial charge in [0.2, 0.25) is 0 Å². The summed E-state index contributed by atoms with van der Waals surface area (Å²) in [7, 11) is -3.74. The van der Waals surface area contributed by atoms with Gasteiger partial charge in [0.15, 0.2) is 9.84 Å². The fourth-order valence-electron chi connectivity index (χ4n) is 1.60. The minimum atomic E-state index is -3.74. The standard InChI is InChI=1S/C12H17F2NO2S/c1-3-6-15-9(2)8-18(16,17)12-5-4-10(13)7-11(12)14/h4-5,7,9,15H,3,6,8H2,1-2H3. The van der Waals surface area contributed by atoms with Crippen LogP contribution in [0.1, 0.15) is 20.3 Å². The first-order valence-corrected chi connectivity index (χ1v) is 7.43. The summed E-state index contributed by atoms with van der Waals surface area (Å²) < 4.78 is 50.0. The van der Waals surface area contributed by atoms with Crippen molar-refractivity contribution < 1.29 is 17.2 Å². The highest BCUT2D eigenvalue weighted by atomic mass is 32.2. The summed E-state index contributed by atoms with van der Waals surface area (Å²) in [5.74, 6) is -2.04. The van der Waals surface area contributed by atoms with Crippen LogP contribution >= 0.6 is 0 Å². The highest BCUT2D eigenvalue weighted by molar-refractivity contribution is 7.91. The van der Waals surface area contributed by atoms with Crippen LogP contribution in [0.3, 0.4) is 0 Å². The molecule has 1 aromatic rings. The molecule has 0 amide bonds. The zero-order chi connectivity index (χ0) is 13.8. The highest BCUT2D eigenvalue weighted by Gasteiger charge is 2.22. The number of nitrogens with one attached hydrogen (secondary N) is 1. The third kappa shape index (κ3) is 4.03. The molecule has 0 aliphatic heterocycles. The van der Waals surface area contributed by atoms with E-state index in [2.05, 4.69) is 5.32 Å². The summed E-state index contributed by atoms with van der Waals surface area (Å²) in [4.78, 5) is -0.450. The zero-order valence-corrected chi connectivity index (χ0v) is 11.2. The summed E-state index contributed by atoms with van der Waals surface area (Å²) in [6, 6.07) is 2.21. The number of halogens is 2. The fourth-order valence-corrected chi connectivity index (χ4v) is 3.18.